The van der Waals surface area contributed by atoms with Gasteiger partial charge in [0.25, 0.3) is 0 Å². The van der Waals surface area contributed by atoms with E-state index in [1.165, 1.54) is 11.1 Å². The van der Waals surface area contributed by atoms with Crippen LogP contribution in [0.3, 0.4) is 0 Å². The molecule has 0 aliphatic carbocycles. The minimum Gasteiger partial charge on any atom is -0.303 e. The summed E-state index contributed by atoms with van der Waals surface area (Å²) in [5.41, 5.74) is 5.00. The van der Waals surface area contributed by atoms with E-state index >= 15 is 0 Å². The highest BCUT2D eigenvalue weighted by atomic mass is 32.2. The summed E-state index contributed by atoms with van der Waals surface area (Å²) < 4.78 is 0. The summed E-state index contributed by atoms with van der Waals surface area (Å²) in [4.78, 5) is 4.19. The van der Waals surface area contributed by atoms with Crippen LogP contribution in [0.25, 0.3) is 5.57 Å². The molecule has 0 spiro atoms. The topological polar surface area (TPSA) is 50.4 Å². The van der Waals surface area contributed by atoms with E-state index in [4.69, 9.17) is 5.84 Å². The van der Waals surface area contributed by atoms with Gasteiger partial charge in [0.2, 0.25) is 0 Å². The van der Waals surface area contributed by atoms with Crippen molar-refractivity contribution in [1.82, 2.24) is 5.43 Å². The molecule has 0 bridgehead atoms. The van der Waals surface area contributed by atoms with E-state index in [1.54, 1.807) is 11.8 Å². The third-order valence-electron chi connectivity index (χ3n) is 1.97. The molecule has 4 heteroatoms. The fourth-order valence-electron chi connectivity index (χ4n) is 1.25. The van der Waals surface area contributed by atoms with Crippen LogP contribution < -0.4 is 11.3 Å². The number of amidine groups is 1. The predicted octanol–water partition coefficient (Wildman–Crippen LogP) is 1.59. The smallest absolute Gasteiger partial charge is 0.175 e. The molecule has 14 heavy (non-hydrogen) atoms. The highest BCUT2D eigenvalue weighted by Crippen LogP contribution is 2.23. The maximum Gasteiger partial charge on any atom is 0.175 e. The second-order valence-electron chi connectivity index (χ2n) is 2.89. The first-order valence-corrected chi connectivity index (χ1v) is 5.30. The maximum absolute atomic E-state index is 5.26. The molecule has 0 radical (unpaired) electrons. The minimum absolute atomic E-state index is 0.768. The molecule has 2 rings (SSSR count). The molecule has 1 aromatic carbocycles. The van der Waals surface area contributed by atoms with Gasteiger partial charge in [-0.1, -0.05) is 42.1 Å². The van der Waals surface area contributed by atoms with E-state index in [0.717, 1.165) is 10.9 Å². The Morgan fingerprint density at radius 1 is 1.29 bits per heavy atom. The first-order valence-electron chi connectivity index (χ1n) is 4.32. The van der Waals surface area contributed by atoms with Gasteiger partial charge in [-0.15, -0.1) is 0 Å². The zero-order chi connectivity index (χ0) is 9.80. The van der Waals surface area contributed by atoms with E-state index in [2.05, 4.69) is 22.6 Å². The molecular formula is C10H11N3S. The fraction of sp³-hybridized carbons (Fsp3) is 0.100. The summed E-state index contributed by atoms with van der Waals surface area (Å²) in [7, 11) is 0. The van der Waals surface area contributed by atoms with Crippen LogP contribution in [0.15, 0.2) is 41.5 Å². The van der Waals surface area contributed by atoms with Crippen LogP contribution in [-0.4, -0.2) is 10.9 Å². The van der Waals surface area contributed by atoms with Crippen LogP contribution in [0.2, 0.25) is 0 Å². The number of nitrogens with one attached hydrogen (secondary N) is 1. The SMILES string of the molecule is NNC1=NC=C(c2ccccc2)CS1. The molecule has 1 aromatic rings. The number of aliphatic imine (C=N–C) groups is 1. The van der Waals surface area contributed by atoms with E-state index in [-0.39, 0.29) is 0 Å². The van der Waals surface area contributed by atoms with Crippen molar-refractivity contribution in [1.29, 1.82) is 0 Å². The first kappa shape index (κ1) is 9.30. The fourth-order valence-corrected chi connectivity index (χ4v) is 1.99. The standard InChI is InChI=1S/C10H11N3S/c11-13-10-12-6-9(7-14-10)8-4-2-1-3-5-8/h1-6H,7,11H2,(H,12,13). The lowest BCUT2D eigenvalue weighted by Crippen LogP contribution is -2.28. The summed E-state index contributed by atoms with van der Waals surface area (Å²) in [6, 6.07) is 10.2. The average Bonchev–Trinajstić information content (AvgIpc) is 2.30. The second kappa shape index (κ2) is 4.30. The second-order valence-corrected chi connectivity index (χ2v) is 3.85. The molecule has 0 saturated heterocycles. The van der Waals surface area contributed by atoms with Crippen molar-refractivity contribution in [2.45, 2.75) is 0 Å². The Morgan fingerprint density at radius 3 is 2.64 bits per heavy atom. The normalized spacial score (nSPS) is 15.8. The monoisotopic (exact) mass is 205 g/mol. The molecule has 3 nitrogen and oxygen atoms in total. The van der Waals surface area contributed by atoms with Crippen LogP contribution >= 0.6 is 11.8 Å². The lowest BCUT2D eigenvalue weighted by atomic mass is 10.1. The van der Waals surface area contributed by atoms with Gasteiger partial charge in [0, 0.05) is 12.0 Å². The molecule has 0 fully saturated rings. The van der Waals surface area contributed by atoms with Crippen molar-refractivity contribution in [3.05, 3.63) is 42.1 Å². The summed E-state index contributed by atoms with van der Waals surface area (Å²) in [5.74, 6) is 6.17. The van der Waals surface area contributed by atoms with Crippen LogP contribution in [0, 0.1) is 0 Å². The largest absolute Gasteiger partial charge is 0.303 e. The van der Waals surface area contributed by atoms with E-state index in [0.29, 0.717) is 0 Å². The van der Waals surface area contributed by atoms with Crippen molar-refractivity contribution in [3.63, 3.8) is 0 Å². The molecule has 72 valence electrons. The molecular weight excluding hydrogens is 194 g/mol. The maximum atomic E-state index is 5.26. The van der Waals surface area contributed by atoms with E-state index < -0.39 is 0 Å². The number of rotatable bonds is 1. The molecule has 0 atom stereocenters. The number of nitrogens with two attached hydrogens (primary N) is 1. The lowest BCUT2D eigenvalue weighted by Gasteiger charge is -2.12. The lowest BCUT2D eigenvalue weighted by molar-refractivity contribution is 1.04. The number of thioether (sulfide) groups is 1. The Labute approximate surface area is 87.1 Å². The van der Waals surface area contributed by atoms with E-state index in [1.807, 2.05) is 24.4 Å². The number of hydrogen-bond donors (Lipinski definition) is 2. The highest BCUT2D eigenvalue weighted by molar-refractivity contribution is 8.14. The zero-order valence-electron chi connectivity index (χ0n) is 7.60. The van der Waals surface area contributed by atoms with Crippen LogP contribution in [0.5, 0.6) is 0 Å². The van der Waals surface area contributed by atoms with Gasteiger partial charge < -0.3 is 5.43 Å². The Balaban J connectivity index is 2.22. The van der Waals surface area contributed by atoms with Gasteiger partial charge >= 0.3 is 0 Å². The summed E-state index contributed by atoms with van der Waals surface area (Å²) >= 11 is 1.61. The van der Waals surface area contributed by atoms with Crippen LogP contribution in [0.4, 0.5) is 0 Å². The zero-order valence-corrected chi connectivity index (χ0v) is 8.42. The van der Waals surface area contributed by atoms with Crippen LogP contribution in [-0.2, 0) is 0 Å². The number of benzene rings is 1. The quantitative estimate of drug-likeness (QED) is 0.541. The third kappa shape index (κ3) is 1.97. The average molecular weight is 205 g/mol. The Bertz CT molecular complexity index is 370. The predicted molar refractivity (Wildman–Crippen MR) is 61.6 cm³/mol. The molecule has 0 amide bonds. The molecule has 0 unspecified atom stereocenters. The van der Waals surface area contributed by atoms with Gasteiger partial charge in [-0.2, -0.15) is 0 Å². The Kier molecular flexibility index (Phi) is 2.86. The summed E-state index contributed by atoms with van der Waals surface area (Å²) in [5, 5.41) is 0.768. The summed E-state index contributed by atoms with van der Waals surface area (Å²) in [6.07, 6.45) is 1.86. The van der Waals surface area contributed by atoms with Crippen molar-refractivity contribution >= 4 is 22.5 Å². The Hall–Kier alpha value is -1.26. The molecule has 1 aliphatic rings. The van der Waals surface area contributed by atoms with E-state index in [9.17, 15) is 0 Å². The van der Waals surface area contributed by atoms with Gasteiger partial charge in [-0.25, -0.2) is 10.8 Å². The van der Waals surface area contributed by atoms with Crippen molar-refractivity contribution in [2.24, 2.45) is 10.8 Å². The molecule has 1 aliphatic heterocycles. The molecule has 0 saturated carbocycles. The molecule has 1 heterocycles. The van der Waals surface area contributed by atoms with Gasteiger partial charge in [0.1, 0.15) is 0 Å². The van der Waals surface area contributed by atoms with Crippen LogP contribution in [0.1, 0.15) is 5.56 Å². The summed E-state index contributed by atoms with van der Waals surface area (Å²) in [6.45, 7) is 0. The number of hydrogen-bond acceptors (Lipinski definition) is 4. The van der Waals surface area contributed by atoms with Gasteiger partial charge in [-0.3, -0.25) is 0 Å². The van der Waals surface area contributed by atoms with Gasteiger partial charge in [0.15, 0.2) is 5.17 Å². The minimum atomic E-state index is 0.768. The number of nitrogens with zero attached hydrogens (tertiary/aromatic N) is 1. The van der Waals surface area contributed by atoms with Gasteiger partial charge in [-0.05, 0) is 11.1 Å². The first-order chi connectivity index (χ1) is 6.90. The molecule has 3 N–H and O–H groups in total. The Morgan fingerprint density at radius 2 is 2.07 bits per heavy atom. The van der Waals surface area contributed by atoms with Crippen molar-refractivity contribution < 1.29 is 0 Å². The van der Waals surface area contributed by atoms with Crippen molar-refractivity contribution in [2.75, 3.05) is 5.75 Å². The van der Waals surface area contributed by atoms with Crippen molar-refractivity contribution in [3.8, 4) is 0 Å². The highest BCUT2D eigenvalue weighted by Gasteiger charge is 2.08. The number of hydrazine groups is 1. The van der Waals surface area contributed by atoms with Gasteiger partial charge in [0.05, 0.1) is 0 Å². The third-order valence-corrected chi connectivity index (χ3v) is 2.92. The molecule has 0 aromatic heterocycles.